The molecule has 1 heterocycles. The molecule has 0 aromatic carbocycles. The molecule has 1 saturated carbocycles. The molecular weight excluding hydrogens is 222 g/mol. The lowest BCUT2D eigenvalue weighted by atomic mass is 10.2. The summed E-state index contributed by atoms with van der Waals surface area (Å²) in [5.41, 5.74) is -0.130. The molecule has 5 heteroatoms. The lowest BCUT2D eigenvalue weighted by Crippen LogP contribution is -2.23. The zero-order valence-corrected chi connectivity index (χ0v) is 10.2. The first-order valence-electron chi connectivity index (χ1n) is 5.71. The zero-order valence-electron chi connectivity index (χ0n) is 9.40. The minimum absolute atomic E-state index is 0.130. The Kier molecular flexibility index (Phi) is 3.88. The van der Waals surface area contributed by atoms with E-state index in [-0.39, 0.29) is 5.56 Å². The third-order valence-electron chi connectivity index (χ3n) is 2.84. The molecule has 1 fully saturated rings. The van der Waals surface area contributed by atoms with Crippen molar-refractivity contribution in [2.24, 2.45) is 0 Å². The van der Waals surface area contributed by atoms with Gasteiger partial charge in [0.1, 0.15) is 0 Å². The Labute approximate surface area is 99.3 Å². The van der Waals surface area contributed by atoms with Gasteiger partial charge in [-0.2, -0.15) is 11.8 Å². The summed E-state index contributed by atoms with van der Waals surface area (Å²) in [5, 5.41) is 3.97. The number of hydrogen-bond acceptors (Lipinski definition) is 4. The quantitative estimate of drug-likeness (QED) is 0.842. The van der Waals surface area contributed by atoms with Crippen LogP contribution in [-0.4, -0.2) is 27.0 Å². The molecule has 0 radical (unpaired) electrons. The van der Waals surface area contributed by atoms with Gasteiger partial charge in [-0.3, -0.25) is 4.79 Å². The number of hydrogen-bond donors (Lipinski definition) is 2. The van der Waals surface area contributed by atoms with Crippen molar-refractivity contribution in [3.8, 4) is 0 Å². The summed E-state index contributed by atoms with van der Waals surface area (Å²) >= 11 is 2.01. The van der Waals surface area contributed by atoms with Crippen molar-refractivity contribution in [2.45, 2.75) is 37.5 Å². The van der Waals surface area contributed by atoms with Gasteiger partial charge in [-0.05, 0) is 25.0 Å². The monoisotopic (exact) mass is 239 g/mol. The van der Waals surface area contributed by atoms with E-state index in [1.807, 2.05) is 11.8 Å². The van der Waals surface area contributed by atoms with Crippen LogP contribution in [-0.2, 0) is 0 Å². The van der Waals surface area contributed by atoms with Gasteiger partial charge >= 0.3 is 0 Å². The molecule has 0 saturated heterocycles. The maximum atomic E-state index is 11.4. The minimum atomic E-state index is -0.130. The second-order valence-corrected chi connectivity index (χ2v) is 5.58. The van der Waals surface area contributed by atoms with Crippen LogP contribution < -0.4 is 10.9 Å². The SMILES string of the molecule is CCSC1CCC(Nc2ncc[nH]c2=O)C1. The predicted octanol–water partition coefficient (Wildman–Crippen LogP) is 1.86. The highest BCUT2D eigenvalue weighted by molar-refractivity contribution is 7.99. The molecule has 16 heavy (non-hydrogen) atoms. The number of anilines is 1. The van der Waals surface area contributed by atoms with E-state index in [1.165, 1.54) is 12.2 Å². The smallest absolute Gasteiger partial charge is 0.290 e. The molecule has 2 N–H and O–H groups in total. The molecule has 0 spiro atoms. The fourth-order valence-electron chi connectivity index (χ4n) is 2.11. The van der Waals surface area contributed by atoms with Gasteiger partial charge in [0.2, 0.25) is 0 Å². The molecule has 1 aliphatic carbocycles. The van der Waals surface area contributed by atoms with Gasteiger partial charge in [0.25, 0.3) is 5.56 Å². The fraction of sp³-hybridized carbons (Fsp3) is 0.636. The van der Waals surface area contributed by atoms with Gasteiger partial charge in [-0.1, -0.05) is 6.92 Å². The minimum Gasteiger partial charge on any atom is -0.363 e. The zero-order chi connectivity index (χ0) is 11.4. The first-order valence-corrected chi connectivity index (χ1v) is 6.76. The number of aromatic amines is 1. The van der Waals surface area contributed by atoms with Crippen molar-refractivity contribution in [1.29, 1.82) is 0 Å². The normalized spacial score (nSPS) is 24.6. The average molecular weight is 239 g/mol. The molecule has 2 rings (SSSR count). The summed E-state index contributed by atoms with van der Waals surface area (Å²) in [7, 11) is 0. The highest BCUT2D eigenvalue weighted by Crippen LogP contribution is 2.30. The predicted molar refractivity (Wildman–Crippen MR) is 68.0 cm³/mol. The van der Waals surface area contributed by atoms with E-state index < -0.39 is 0 Å². The Morgan fingerprint density at radius 1 is 1.62 bits per heavy atom. The second-order valence-electron chi connectivity index (χ2n) is 4.00. The summed E-state index contributed by atoms with van der Waals surface area (Å²) in [6, 6.07) is 0.403. The van der Waals surface area contributed by atoms with Crippen LogP contribution >= 0.6 is 11.8 Å². The maximum absolute atomic E-state index is 11.4. The Balaban J connectivity index is 1.92. The molecule has 4 nitrogen and oxygen atoms in total. The van der Waals surface area contributed by atoms with E-state index in [2.05, 4.69) is 22.2 Å². The van der Waals surface area contributed by atoms with Crippen LogP contribution in [0.25, 0.3) is 0 Å². The fourth-order valence-corrected chi connectivity index (χ4v) is 3.25. The lowest BCUT2D eigenvalue weighted by molar-refractivity contribution is 0.749. The van der Waals surface area contributed by atoms with Crippen LogP contribution in [0.1, 0.15) is 26.2 Å². The van der Waals surface area contributed by atoms with E-state index in [9.17, 15) is 4.79 Å². The van der Waals surface area contributed by atoms with E-state index in [1.54, 1.807) is 12.4 Å². The summed E-state index contributed by atoms with van der Waals surface area (Å²) < 4.78 is 0. The van der Waals surface area contributed by atoms with Crippen LogP contribution in [0.2, 0.25) is 0 Å². The van der Waals surface area contributed by atoms with Gasteiger partial charge < -0.3 is 10.3 Å². The molecule has 2 unspecified atom stereocenters. The van der Waals surface area contributed by atoms with Gasteiger partial charge in [0.15, 0.2) is 5.82 Å². The number of thioether (sulfide) groups is 1. The first-order chi connectivity index (χ1) is 7.79. The largest absolute Gasteiger partial charge is 0.363 e. The van der Waals surface area contributed by atoms with E-state index in [4.69, 9.17) is 0 Å². The molecule has 0 amide bonds. The summed E-state index contributed by atoms with van der Waals surface area (Å²) in [6.45, 7) is 2.19. The molecule has 1 aliphatic rings. The topological polar surface area (TPSA) is 57.8 Å². The van der Waals surface area contributed by atoms with E-state index in [0.717, 1.165) is 18.1 Å². The Morgan fingerprint density at radius 2 is 2.50 bits per heavy atom. The summed E-state index contributed by atoms with van der Waals surface area (Å²) in [5.74, 6) is 1.62. The van der Waals surface area contributed by atoms with Crippen molar-refractivity contribution >= 4 is 17.6 Å². The van der Waals surface area contributed by atoms with Crippen LogP contribution in [0, 0.1) is 0 Å². The molecular formula is C11H17N3OS. The third kappa shape index (κ3) is 2.78. The number of nitrogens with zero attached hydrogens (tertiary/aromatic N) is 1. The molecule has 0 bridgehead atoms. The summed E-state index contributed by atoms with van der Waals surface area (Å²) in [4.78, 5) is 18.1. The lowest BCUT2D eigenvalue weighted by Gasteiger charge is -2.12. The van der Waals surface area contributed by atoms with Crippen molar-refractivity contribution in [2.75, 3.05) is 11.1 Å². The Hall–Kier alpha value is -0.970. The highest BCUT2D eigenvalue weighted by atomic mass is 32.2. The molecule has 1 aromatic rings. The Morgan fingerprint density at radius 3 is 3.25 bits per heavy atom. The number of nitrogens with one attached hydrogen (secondary N) is 2. The van der Waals surface area contributed by atoms with Crippen molar-refractivity contribution in [3.05, 3.63) is 22.7 Å². The molecule has 0 aliphatic heterocycles. The molecule has 2 atom stereocenters. The standard InChI is InChI=1S/C11H17N3OS/c1-2-16-9-4-3-8(7-9)14-10-11(15)13-6-5-12-10/h5-6,8-9H,2-4,7H2,1H3,(H,12,14)(H,13,15). The van der Waals surface area contributed by atoms with Gasteiger partial charge in [-0.25, -0.2) is 4.98 Å². The molecule has 88 valence electrons. The van der Waals surface area contributed by atoms with Crippen molar-refractivity contribution in [3.63, 3.8) is 0 Å². The highest BCUT2D eigenvalue weighted by Gasteiger charge is 2.24. The van der Waals surface area contributed by atoms with Gasteiger partial charge in [-0.15, -0.1) is 0 Å². The average Bonchev–Trinajstić information content (AvgIpc) is 2.70. The second kappa shape index (κ2) is 5.39. The summed E-state index contributed by atoms with van der Waals surface area (Å²) in [6.07, 6.45) is 6.66. The van der Waals surface area contributed by atoms with Gasteiger partial charge in [0.05, 0.1) is 0 Å². The number of aromatic nitrogens is 2. The molecule has 1 aromatic heterocycles. The third-order valence-corrected chi connectivity index (χ3v) is 4.07. The van der Waals surface area contributed by atoms with E-state index in [0.29, 0.717) is 11.9 Å². The maximum Gasteiger partial charge on any atom is 0.290 e. The van der Waals surface area contributed by atoms with E-state index >= 15 is 0 Å². The number of H-pyrrole nitrogens is 1. The van der Waals surface area contributed by atoms with Crippen LogP contribution in [0.4, 0.5) is 5.82 Å². The van der Waals surface area contributed by atoms with Crippen LogP contribution in [0.5, 0.6) is 0 Å². The van der Waals surface area contributed by atoms with Crippen LogP contribution in [0.3, 0.4) is 0 Å². The van der Waals surface area contributed by atoms with Crippen LogP contribution in [0.15, 0.2) is 17.2 Å². The Bertz CT molecular complexity index is 393. The van der Waals surface area contributed by atoms with Crippen molar-refractivity contribution in [1.82, 2.24) is 9.97 Å². The number of rotatable bonds is 4. The van der Waals surface area contributed by atoms with Gasteiger partial charge in [0, 0.05) is 23.7 Å². The van der Waals surface area contributed by atoms with Crippen molar-refractivity contribution < 1.29 is 0 Å². The first kappa shape index (κ1) is 11.5.